The summed E-state index contributed by atoms with van der Waals surface area (Å²) in [5.41, 5.74) is 1.23. The fourth-order valence-electron chi connectivity index (χ4n) is 2.51. The minimum Gasteiger partial charge on any atom is -0.371 e. The van der Waals surface area contributed by atoms with Crippen LogP contribution in [0, 0.1) is 0 Å². The van der Waals surface area contributed by atoms with Gasteiger partial charge in [0.1, 0.15) is 12.6 Å². The summed E-state index contributed by atoms with van der Waals surface area (Å²) in [7, 11) is 2.01. The third kappa shape index (κ3) is 6.55. The van der Waals surface area contributed by atoms with Gasteiger partial charge in [-0.05, 0) is 44.7 Å². The topological polar surface area (TPSA) is 75.8 Å². The molecule has 1 atom stereocenters. The Morgan fingerprint density at radius 1 is 1.33 bits per heavy atom. The van der Waals surface area contributed by atoms with E-state index in [9.17, 15) is 0 Å². The molecule has 0 radical (unpaired) electrons. The van der Waals surface area contributed by atoms with Gasteiger partial charge in [-0.2, -0.15) is 4.98 Å². The predicted octanol–water partition coefficient (Wildman–Crippen LogP) is 3.49. The quantitative estimate of drug-likeness (QED) is 0.398. The normalized spacial score (nSPS) is 12.9. The molecule has 0 fully saturated rings. The van der Waals surface area contributed by atoms with Crippen LogP contribution in [0.3, 0.4) is 0 Å². The van der Waals surface area contributed by atoms with Crippen LogP contribution in [-0.4, -0.2) is 47.5 Å². The first-order valence-corrected chi connectivity index (χ1v) is 10.4. The zero-order valence-corrected chi connectivity index (χ0v) is 17.5. The van der Waals surface area contributed by atoms with Crippen LogP contribution in [0.5, 0.6) is 0 Å². The maximum atomic E-state index is 5.48. The van der Waals surface area contributed by atoms with E-state index < -0.39 is 0 Å². The van der Waals surface area contributed by atoms with E-state index in [-0.39, 0.29) is 6.10 Å². The molecule has 27 heavy (non-hydrogen) atoms. The number of benzene rings is 1. The minimum atomic E-state index is -0.184. The number of guanidine groups is 1. The van der Waals surface area contributed by atoms with Crippen molar-refractivity contribution in [2.75, 3.05) is 26.5 Å². The Morgan fingerprint density at radius 2 is 2.07 bits per heavy atom. The second-order valence-corrected chi connectivity index (χ2v) is 6.90. The molecule has 0 amide bonds. The van der Waals surface area contributed by atoms with Crippen molar-refractivity contribution in [1.29, 1.82) is 0 Å². The Morgan fingerprint density at radius 3 is 2.70 bits per heavy atom. The van der Waals surface area contributed by atoms with E-state index in [4.69, 9.17) is 9.26 Å². The molecule has 0 saturated carbocycles. The van der Waals surface area contributed by atoms with Gasteiger partial charge >= 0.3 is 0 Å². The molecule has 0 aliphatic rings. The van der Waals surface area contributed by atoms with Crippen molar-refractivity contribution < 1.29 is 9.26 Å². The third-order valence-electron chi connectivity index (χ3n) is 3.90. The van der Waals surface area contributed by atoms with E-state index in [2.05, 4.69) is 55.9 Å². The summed E-state index contributed by atoms with van der Waals surface area (Å²) in [6.07, 6.45) is 1.89. The molecular weight excluding hydrogens is 362 g/mol. The molecular formula is C19H29N5O2S. The summed E-state index contributed by atoms with van der Waals surface area (Å²) < 4.78 is 10.8. The van der Waals surface area contributed by atoms with Gasteiger partial charge in [-0.15, -0.1) is 11.8 Å². The Labute approximate surface area is 165 Å². The molecule has 0 saturated heterocycles. The van der Waals surface area contributed by atoms with Crippen LogP contribution >= 0.6 is 11.8 Å². The summed E-state index contributed by atoms with van der Waals surface area (Å²) >= 11 is 1.74. The van der Waals surface area contributed by atoms with E-state index in [0.29, 0.717) is 24.9 Å². The lowest BCUT2D eigenvalue weighted by Crippen LogP contribution is -2.38. The molecule has 1 heterocycles. The summed E-state index contributed by atoms with van der Waals surface area (Å²) in [5, 5.41) is 7.27. The number of rotatable bonds is 9. The maximum absolute atomic E-state index is 5.48. The predicted molar refractivity (Wildman–Crippen MR) is 109 cm³/mol. The largest absolute Gasteiger partial charge is 0.371 e. The van der Waals surface area contributed by atoms with E-state index in [0.717, 1.165) is 19.0 Å². The van der Waals surface area contributed by atoms with Gasteiger partial charge < -0.3 is 19.5 Å². The molecule has 1 N–H and O–H groups in total. The average molecular weight is 392 g/mol. The van der Waals surface area contributed by atoms with Crippen LogP contribution in [-0.2, 0) is 17.8 Å². The van der Waals surface area contributed by atoms with Crippen LogP contribution in [0.4, 0.5) is 0 Å². The van der Waals surface area contributed by atoms with Crippen LogP contribution in [0.15, 0.2) is 38.7 Å². The molecule has 0 spiro atoms. The zero-order chi connectivity index (χ0) is 19.6. The molecule has 148 valence electrons. The Hall–Kier alpha value is -2.06. The molecule has 0 aliphatic carbocycles. The number of hydrogen-bond donors (Lipinski definition) is 1. The number of nitrogens with one attached hydrogen (secondary N) is 1. The van der Waals surface area contributed by atoms with Crippen molar-refractivity contribution in [1.82, 2.24) is 20.4 Å². The number of ether oxygens (including phenoxy) is 1. The van der Waals surface area contributed by atoms with Crippen molar-refractivity contribution in [2.45, 2.75) is 44.9 Å². The lowest BCUT2D eigenvalue weighted by atomic mass is 10.2. The third-order valence-corrected chi connectivity index (χ3v) is 4.65. The van der Waals surface area contributed by atoms with Crippen LogP contribution < -0.4 is 5.32 Å². The standard InChI is InChI=1S/C19H29N5O2S/c1-6-20-19(24(4)13-15-8-10-16(27-5)11-9-15)21-12-17-22-18(23-26-17)14(3)25-7-2/h8-11,14H,6-7,12-13H2,1-5H3,(H,20,21). The number of hydrogen-bond acceptors (Lipinski definition) is 6. The Kier molecular flexibility index (Phi) is 8.60. The second-order valence-electron chi connectivity index (χ2n) is 6.02. The summed E-state index contributed by atoms with van der Waals surface area (Å²) in [6, 6.07) is 8.56. The van der Waals surface area contributed by atoms with E-state index in [1.165, 1.54) is 10.5 Å². The van der Waals surface area contributed by atoms with E-state index in [1.54, 1.807) is 11.8 Å². The molecule has 7 nitrogen and oxygen atoms in total. The van der Waals surface area contributed by atoms with Crippen LogP contribution in [0.25, 0.3) is 0 Å². The molecule has 2 aromatic rings. The van der Waals surface area contributed by atoms with E-state index in [1.807, 2.05) is 27.8 Å². The van der Waals surface area contributed by atoms with Gasteiger partial charge in [-0.3, -0.25) is 0 Å². The first-order valence-electron chi connectivity index (χ1n) is 9.13. The smallest absolute Gasteiger partial charge is 0.248 e. The Balaban J connectivity index is 2.01. The fourth-order valence-corrected chi connectivity index (χ4v) is 2.92. The highest BCUT2D eigenvalue weighted by Gasteiger charge is 2.14. The Bertz CT molecular complexity index is 717. The lowest BCUT2D eigenvalue weighted by Gasteiger charge is -2.22. The highest BCUT2D eigenvalue weighted by atomic mass is 32.2. The van der Waals surface area contributed by atoms with Gasteiger partial charge in [0.05, 0.1) is 0 Å². The van der Waals surface area contributed by atoms with E-state index >= 15 is 0 Å². The van der Waals surface area contributed by atoms with Crippen LogP contribution in [0.1, 0.15) is 44.2 Å². The SMILES string of the molecule is CCNC(=NCc1nc(C(C)OCC)no1)N(C)Cc1ccc(SC)cc1. The number of aromatic nitrogens is 2. The monoisotopic (exact) mass is 391 g/mol. The molecule has 1 aromatic carbocycles. The number of nitrogens with zero attached hydrogens (tertiary/aromatic N) is 4. The van der Waals surface area contributed by atoms with Crippen molar-refractivity contribution >= 4 is 17.7 Å². The highest BCUT2D eigenvalue weighted by molar-refractivity contribution is 7.98. The number of aliphatic imine (C=N–C) groups is 1. The lowest BCUT2D eigenvalue weighted by molar-refractivity contribution is 0.0683. The second kappa shape index (κ2) is 10.9. The first-order chi connectivity index (χ1) is 13.1. The fraction of sp³-hybridized carbons (Fsp3) is 0.526. The molecule has 8 heteroatoms. The van der Waals surface area contributed by atoms with Gasteiger partial charge in [-0.25, -0.2) is 4.99 Å². The van der Waals surface area contributed by atoms with Gasteiger partial charge in [0.25, 0.3) is 0 Å². The van der Waals surface area contributed by atoms with Gasteiger partial charge in [-0.1, -0.05) is 17.3 Å². The van der Waals surface area contributed by atoms with Crippen molar-refractivity contribution in [3.05, 3.63) is 41.5 Å². The summed E-state index contributed by atoms with van der Waals surface area (Å²) in [6.45, 7) is 8.37. The van der Waals surface area contributed by atoms with Gasteiger partial charge in [0, 0.05) is 31.6 Å². The average Bonchev–Trinajstić information content (AvgIpc) is 3.15. The van der Waals surface area contributed by atoms with Crippen molar-refractivity contribution in [3.8, 4) is 0 Å². The minimum absolute atomic E-state index is 0.184. The maximum Gasteiger partial charge on any atom is 0.248 e. The number of thioether (sulfide) groups is 1. The summed E-state index contributed by atoms with van der Waals surface area (Å²) in [4.78, 5) is 12.3. The molecule has 2 rings (SSSR count). The van der Waals surface area contributed by atoms with Gasteiger partial charge in [0.2, 0.25) is 5.89 Å². The molecule has 1 unspecified atom stereocenters. The van der Waals surface area contributed by atoms with Gasteiger partial charge in [0.15, 0.2) is 11.8 Å². The highest BCUT2D eigenvalue weighted by Crippen LogP contribution is 2.16. The van der Waals surface area contributed by atoms with Crippen molar-refractivity contribution in [3.63, 3.8) is 0 Å². The molecule has 1 aromatic heterocycles. The zero-order valence-electron chi connectivity index (χ0n) is 16.7. The first kappa shape index (κ1) is 21.2. The molecule has 0 aliphatic heterocycles. The summed E-state index contributed by atoms with van der Waals surface area (Å²) in [5.74, 6) is 1.82. The van der Waals surface area contributed by atoms with Crippen molar-refractivity contribution in [2.24, 2.45) is 4.99 Å². The van der Waals surface area contributed by atoms with Crippen LogP contribution in [0.2, 0.25) is 0 Å². The molecule has 0 bridgehead atoms.